The van der Waals surface area contributed by atoms with Crippen LogP contribution in [0.5, 0.6) is 0 Å². The van der Waals surface area contributed by atoms with Gasteiger partial charge in [-0.15, -0.1) is 11.8 Å². The molecule has 1 heterocycles. The van der Waals surface area contributed by atoms with Gasteiger partial charge in [0.15, 0.2) is 0 Å². The summed E-state index contributed by atoms with van der Waals surface area (Å²) in [7, 11) is 0. The van der Waals surface area contributed by atoms with Gasteiger partial charge in [-0.3, -0.25) is 0 Å². The molecule has 2 nitrogen and oxygen atoms in total. The molecule has 1 saturated carbocycles. The van der Waals surface area contributed by atoms with Gasteiger partial charge in [-0.2, -0.15) is 0 Å². The lowest BCUT2D eigenvalue weighted by atomic mass is 9.80. The zero-order chi connectivity index (χ0) is 14.9. The number of anilines is 1. The Balaban J connectivity index is 1.73. The molecule has 0 radical (unpaired) electrons. The van der Waals surface area contributed by atoms with E-state index >= 15 is 0 Å². The number of rotatable bonds is 2. The van der Waals surface area contributed by atoms with E-state index in [-0.39, 0.29) is 21.4 Å². The maximum atomic E-state index is 13.9. The average Bonchev–Trinajstić information content (AvgIpc) is 2.44. The van der Waals surface area contributed by atoms with Gasteiger partial charge in [0, 0.05) is 17.5 Å². The van der Waals surface area contributed by atoms with Crippen LogP contribution in [0.1, 0.15) is 44.9 Å². The molecular weight excluding hydrogens is 292 g/mol. The Morgan fingerprint density at radius 2 is 1.81 bits per heavy atom. The number of halogens is 2. The molecule has 1 atom stereocenters. The van der Waals surface area contributed by atoms with Crippen molar-refractivity contribution in [2.45, 2.75) is 60.7 Å². The van der Waals surface area contributed by atoms with Gasteiger partial charge < -0.3 is 10.5 Å². The normalized spacial score (nSPS) is 25.1. The Hall–Kier alpha value is -0.810. The van der Waals surface area contributed by atoms with Crippen molar-refractivity contribution in [1.82, 2.24) is 0 Å². The highest BCUT2D eigenvalue weighted by molar-refractivity contribution is 8.00. The SMILES string of the molecule is Nc1cc(F)c(SC2CCOC3(CCCCC3)C2)c(F)c1. The molecule has 5 heteroatoms. The molecule has 116 valence electrons. The maximum Gasteiger partial charge on any atom is 0.141 e. The van der Waals surface area contributed by atoms with E-state index < -0.39 is 11.6 Å². The summed E-state index contributed by atoms with van der Waals surface area (Å²) in [6.45, 7) is 0.690. The summed E-state index contributed by atoms with van der Waals surface area (Å²) in [5.41, 5.74) is 5.55. The summed E-state index contributed by atoms with van der Waals surface area (Å²) in [6, 6.07) is 2.39. The molecule has 1 unspecified atom stereocenters. The molecule has 21 heavy (non-hydrogen) atoms. The van der Waals surface area contributed by atoms with Crippen LogP contribution in [0.15, 0.2) is 17.0 Å². The minimum absolute atomic E-state index is 0.0467. The van der Waals surface area contributed by atoms with Gasteiger partial charge in [0.05, 0.1) is 10.5 Å². The molecule has 1 aromatic carbocycles. The second-order valence-electron chi connectivity index (χ2n) is 6.14. The van der Waals surface area contributed by atoms with Gasteiger partial charge in [-0.1, -0.05) is 19.3 Å². The van der Waals surface area contributed by atoms with E-state index in [1.54, 1.807) is 0 Å². The summed E-state index contributed by atoms with van der Waals surface area (Å²) >= 11 is 1.31. The Labute approximate surface area is 128 Å². The second-order valence-corrected chi connectivity index (χ2v) is 7.45. The average molecular weight is 313 g/mol. The number of nitrogens with two attached hydrogens (primary N) is 1. The van der Waals surface area contributed by atoms with Crippen LogP contribution in [0.3, 0.4) is 0 Å². The number of nitrogen functional groups attached to an aromatic ring is 1. The van der Waals surface area contributed by atoms with E-state index in [0.29, 0.717) is 6.61 Å². The van der Waals surface area contributed by atoms with Gasteiger partial charge in [0.2, 0.25) is 0 Å². The zero-order valence-electron chi connectivity index (χ0n) is 12.0. The summed E-state index contributed by atoms with van der Waals surface area (Å²) < 4.78 is 33.9. The molecule has 1 spiro atoms. The Kier molecular flexibility index (Phi) is 4.41. The maximum absolute atomic E-state index is 13.9. The molecule has 2 N–H and O–H groups in total. The fourth-order valence-electron chi connectivity index (χ4n) is 3.49. The number of ether oxygens (including phenoxy) is 1. The van der Waals surface area contributed by atoms with Crippen LogP contribution in [-0.4, -0.2) is 17.5 Å². The van der Waals surface area contributed by atoms with Crippen molar-refractivity contribution in [3.8, 4) is 0 Å². The first-order valence-electron chi connectivity index (χ1n) is 7.63. The largest absolute Gasteiger partial charge is 0.399 e. The highest BCUT2D eigenvalue weighted by Crippen LogP contribution is 2.44. The Morgan fingerprint density at radius 1 is 1.14 bits per heavy atom. The van der Waals surface area contributed by atoms with Crippen LogP contribution in [0.2, 0.25) is 0 Å². The molecule has 2 fully saturated rings. The molecule has 1 saturated heterocycles. The number of hydrogen-bond donors (Lipinski definition) is 1. The fourth-order valence-corrected chi connectivity index (χ4v) is 4.76. The zero-order valence-corrected chi connectivity index (χ0v) is 12.9. The minimum Gasteiger partial charge on any atom is -0.399 e. The fraction of sp³-hybridized carbons (Fsp3) is 0.625. The molecule has 0 bridgehead atoms. The third-order valence-corrected chi connectivity index (χ3v) is 5.88. The van der Waals surface area contributed by atoms with Crippen LogP contribution >= 0.6 is 11.8 Å². The summed E-state index contributed by atoms with van der Waals surface area (Å²) in [4.78, 5) is 0.0991. The van der Waals surface area contributed by atoms with Crippen LogP contribution < -0.4 is 5.73 Å². The van der Waals surface area contributed by atoms with Gasteiger partial charge in [-0.05, 0) is 37.8 Å². The molecule has 0 aromatic heterocycles. The van der Waals surface area contributed by atoms with Crippen molar-refractivity contribution in [3.05, 3.63) is 23.8 Å². The van der Waals surface area contributed by atoms with Crippen LogP contribution in [0, 0.1) is 11.6 Å². The van der Waals surface area contributed by atoms with Crippen molar-refractivity contribution in [2.75, 3.05) is 12.3 Å². The molecule has 1 aliphatic carbocycles. The highest BCUT2D eigenvalue weighted by atomic mass is 32.2. The third-order valence-electron chi connectivity index (χ3n) is 4.52. The quantitative estimate of drug-likeness (QED) is 0.815. The first kappa shape index (κ1) is 15.1. The van der Waals surface area contributed by atoms with Gasteiger partial charge in [-0.25, -0.2) is 8.78 Å². The molecule has 2 aliphatic rings. The van der Waals surface area contributed by atoms with E-state index in [0.717, 1.165) is 25.7 Å². The topological polar surface area (TPSA) is 35.2 Å². The van der Waals surface area contributed by atoms with E-state index in [1.807, 2.05) is 0 Å². The molecule has 0 amide bonds. The lowest BCUT2D eigenvalue weighted by Crippen LogP contribution is -2.42. The second kappa shape index (κ2) is 6.13. The van der Waals surface area contributed by atoms with Gasteiger partial charge >= 0.3 is 0 Å². The van der Waals surface area contributed by atoms with Gasteiger partial charge in [0.25, 0.3) is 0 Å². The van der Waals surface area contributed by atoms with E-state index in [1.165, 1.54) is 43.2 Å². The Morgan fingerprint density at radius 3 is 2.48 bits per heavy atom. The predicted octanol–water partition coefficient (Wildman–Crippen LogP) is 4.52. The summed E-state index contributed by atoms with van der Waals surface area (Å²) in [5.74, 6) is -1.11. The summed E-state index contributed by atoms with van der Waals surface area (Å²) in [5, 5.41) is 0.212. The predicted molar refractivity (Wildman–Crippen MR) is 81.4 cm³/mol. The molecule has 3 rings (SSSR count). The van der Waals surface area contributed by atoms with E-state index in [9.17, 15) is 8.78 Å². The van der Waals surface area contributed by atoms with Crippen LogP contribution in [-0.2, 0) is 4.74 Å². The monoisotopic (exact) mass is 313 g/mol. The first-order valence-corrected chi connectivity index (χ1v) is 8.51. The van der Waals surface area contributed by atoms with Crippen LogP contribution in [0.25, 0.3) is 0 Å². The van der Waals surface area contributed by atoms with E-state index in [2.05, 4.69) is 0 Å². The highest BCUT2D eigenvalue weighted by Gasteiger charge is 2.39. The third kappa shape index (κ3) is 3.34. The van der Waals surface area contributed by atoms with Crippen LogP contribution in [0.4, 0.5) is 14.5 Å². The number of thioether (sulfide) groups is 1. The first-order chi connectivity index (χ1) is 10.1. The van der Waals surface area contributed by atoms with E-state index in [4.69, 9.17) is 10.5 Å². The van der Waals surface area contributed by atoms with Crippen molar-refractivity contribution in [3.63, 3.8) is 0 Å². The lowest BCUT2D eigenvalue weighted by molar-refractivity contribution is -0.0971. The molecule has 1 aromatic rings. The Bertz CT molecular complexity index is 488. The molecule has 1 aliphatic heterocycles. The lowest BCUT2D eigenvalue weighted by Gasteiger charge is -2.43. The number of hydrogen-bond acceptors (Lipinski definition) is 3. The van der Waals surface area contributed by atoms with Crippen molar-refractivity contribution >= 4 is 17.4 Å². The number of benzene rings is 1. The van der Waals surface area contributed by atoms with Crippen molar-refractivity contribution in [2.24, 2.45) is 0 Å². The smallest absolute Gasteiger partial charge is 0.141 e. The van der Waals surface area contributed by atoms with Gasteiger partial charge in [0.1, 0.15) is 11.6 Å². The standard InChI is InChI=1S/C16H21F2NOS/c17-13-8-11(19)9-14(18)15(13)21-12-4-7-20-16(10-12)5-2-1-3-6-16/h8-9,12H,1-7,10,19H2. The minimum atomic E-state index is -0.554. The molecular formula is C16H21F2NOS. The van der Waals surface area contributed by atoms with Crippen molar-refractivity contribution in [1.29, 1.82) is 0 Å². The van der Waals surface area contributed by atoms with Crippen molar-refractivity contribution < 1.29 is 13.5 Å². The summed E-state index contributed by atoms with van der Waals surface area (Å²) in [6.07, 6.45) is 7.55.